The van der Waals surface area contributed by atoms with E-state index in [4.69, 9.17) is 4.74 Å². The minimum atomic E-state index is -9.78. The molecule has 0 spiro atoms. The monoisotopic (exact) mass is 600 g/mol. The van der Waals surface area contributed by atoms with Gasteiger partial charge in [0.25, 0.3) is 5.91 Å². The summed E-state index contributed by atoms with van der Waals surface area (Å²) in [5, 5.41) is 8.45. The Morgan fingerprint density at radius 2 is 1.76 bits per heavy atom. The van der Waals surface area contributed by atoms with E-state index in [1.165, 1.54) is 0 Å². The van der Waals surface area contributed by atoms with E-state index < -0.39 is 21.0 Å². The first-order valence-electron chi connectivity index (χ1n) is 13.6. The number of morpholine rings is 1. The highest BCUT2D eigenvalue weighted by Gasteiger charge is 2.65. The van der Waals surface area contributed by atoms with Gasteiger partial charge in [-0.05, 0) is 74.1 Å². The number of hydrogen-bond acceptors (Lipinski definition) is 5. The lowest BCUT2D eigenvalue weighted by molar-refractivity contribution is 0.0383. The molecule has 2 atom stereocenters. The second kappa shape index (κ2) is 10.4. The zero-order valence-corrected chi connectivity index (χ0v) is 23.4. The van der Waals surface area contributed by atoms with Crippen molar-refractivity contribution in [2.75, 3.05) is 39.4 Å². The molecule has 3 aromatic rings. The van der Waals surface area contributed by atoms with Crippen LogP contribution in [0.15, 0.2) is 47.5 Å². The summed E-state index contributed by atoms with van der Waals surface area (Å²) in [6.45, 7) is 6.83. The largest absolute Gasteiger partial charge is 0.379 e. The number of hydrogen-bond donors (Lipinski definition) is 1. The fourth-order valence-corrected chi connectivity index (χ4v) is 6.32. The molecule has 5 rings (SSSR count). The van der Waals surface area contributed by atoms with Crippen molar-refractivity contribution in [3.8, 4) is 0 Å². The number of benzene rings is 2. The van der Waals surface area contributed by atoms with Crippen LogP contribution in [0.2, 0.25) is 0 Å². The summed E-state index contributed by atoms with van der Waals surface area (Å²) in [4.78, 5) is 26.0. The van der Waals surface area contributed by atoms with Crippen LogP contribution in [0.3, 0.4) is 0 Å². The molecule has 2 aromatic carbocycles. The smallest absolute Gasteiger partial charge is 0.310 e. The van der Waals surface area contributed by atoms with Crippen molar-refractivity contribution < 1.29 is 33.8 Å². The van der Waals surface area contributed by atoms with Gasteiger partial charge in [-0.3, -0.25) is 19.2 Å². The zero-order valence-electron chi connectivity index (χ0n) is 22.6. The van der Waals surface area contributed by atoms with Crippen molar-refractivity contribution in [3.63, 3.8) is 0 Å². The number of fused-ring (bicyclic) bond motifs is 1. The quantitative estimate of drug-likeness (QED) is 0.229. The van der Waals surface area contributed by atoms with Crippen LogP contribution in [-0.4, -0.2) is 65.8 Å². The van der Waals surface area contributed by atoms with Crippen molar-refractivity contribution in [3.05, 3.63) is 59.3 Å². The number of rotatable bonds is 9. The Kier molecular flexibility index (Phi) is 7.44. The summed E-state index contributed by atoms with van der Waals surface area (Å²) < 4.78 is 72.1. The first kappa shape index (κ1) is 29.5. The number of aromatic nitrogens is 2. The Bertz CT molecular complexity index is 1460. The molecule has 1 N–H and O–H groups in total. The van der Waals surface area contributed by atoms with Gasteiger partial charge in [-0.1, -0.05) is 19.4 Å². The maximum Gasteiger partial charge on any atom is 0.310 e. The highest BCUT2D eigenvalue weighted by atomic mass is 32.5. The molecular weight excluding hydrogens is 567 g/mol. The first-order chi connectivity index (χ1) is 19.2. The second-order valence-corrected chi connectivity index (χ2v) is 13.4. The van der Waals surface area contributed by atoms with Crippen LogP contribution in [0.25, 0.3) is 10.9 Å². The van der Waals surface area contributed by atoms with Crippen molar-refractivity contribution in [2.45, 2.75) is 37.6 Å². The maximum absolute atomic E-state index is 13.0. The molecule has 1 aromatic heterocycles. The van der Waals surface area contributed by atoms with E-state index >= 15 is 0 Å². The number of nitrogens with one attached hydrogen (secondary N) is 1. The van der Waals surface area contributed by atoms with E-state index in [-0.39, 0.29) is 35.3 Å². The van der Waals surface area contributed by atoms with E-state index in [9.17, 15) is 29.0 Å². The van der Waals surface area contributed by atoms with Gasteiger partial charge in [0.05, 0.1) is 18.7 Å². The summed E-state index contributed by atoms with van der Waals surface area (Å²) in [5.41, 5.74) is 2.15. The third-order valence-corrected chi connectivity index (χ3v) is 9.06. The molecular formula is C28H33F5N4O3S. The number of halogens is 5. The van der Waals surface area contributed by atoms with E-state index in [1.54, 1.807) is 4.68 Å². The van der Waals surface area contributed by atoms with Gasteiger partial charge in [-0.2, -0.15) is 5.10 Å². The predicted molar refractivity (Wildman–Crippen MR) is 147 cm³/mol. The van der Waals surface area contributed by atoms with Crippen molar-refractivity contribution >= 4 is 32.8 Å². The Balaban J connectivity index is 1.18. The third kappa shape index (κ3) is 7.07. The molecule has 224 valence electrons. The Morgan fingerprint density at radius 3 is 2.44 bits per heavy atom. The fraction of sp³-hybridized carbons (Fsp3) is 0.464. The lowest BCUT2D eigenvalue weighted by atomic mass is 9.95. The molecule has 1 amide bonds. The summed E-state index contributed by atoms with van der Waals surface area (Å²) in [6, 6.07) is 5.95. The lowest BCUT2D eigenvalue weighted by Gasteiger charge is -2.40. The number of aryl methyl sites for hydroxylation is 1. The molecule has 7 nitrogen and oxygen atoms in total. The maximum atomic E-state index is 13.0. The highest BCUT2D eigenvalue weighted by molar-refractivity contribution is 8.45. The lowest BCUT2D eigenvalue weighted by Crippen LogP contribution is -2.41. The molecule has 2 unspecified atom stereocenters. The average molecular weight is 601 g/mol. The average Bonchev–Trinajstić information content (AvgIpc) is 3.53. The van der Waals surface area contributed by atoms with Crippen LogP contribution in [-0.2, 0) is 11.3 Å². The van der Waals surface area contributed by atoms with Crippen LogP contribution in [0.1, 0.15) is 45.5 Å². The Morgan fingerprint density at radius 1 is 1.05 bits per heavy atom. The molecule has 2 aliphatic rings. The summed E-state index contributed by atoms with van der Waals surface area (Å²) in [6.07, 6.45) is 3.68. The molecule has 2 fully saturated rings. The SMILES string of the molecule is Cc1cc2nn(CC3CCC(C(=O)c4ccc(S(F)(F)(F)(F)F)cc4)C3)cc2cc1C(=O)NCCN1CCOCC1. The van der Waals surface area contributed by atoms with Gasteiger partial charge in [-0.25, -0.2) is 0 Å². The number of Topliss-reactive ketones (excluding diaryl/α,β-unsaturated/α-hetero) is 1. The first-order valence-corrected chi connectivity index (χ1v) is 15.6. The molecule has 1 aliphatic carbocycles. The van der Waals surface area contributed by atoms with Gasteiger partial charge in [0, 0.05) is 61.4 Å². The van der Waals surface area contributed by atoms with Gasteiger partial charge in [-0.15, -0.1) is 0 Å². The third-order valence-electron chi connectivity index (χ3n) is 7.90. The summed E-state index contributed by atoms with van der Waals surface area (Å²) >= 11 is 0. The number of carbonyl (C=O) groups is 2. The van der Waals surface area contributed by atoms with Crippen LogP contribution < -0.4 is 5.32 Å². The standard InChI is InChI=1S/C28H33F5N4O3S/c1-19-14-26-23(16-25(19)28(39)34-8-9-36-10-12-40-13-11-36)18-37(35-26)17-20-2-3-22(15-20)27(38)21-4-6-24(7-5-21)41(29,30,31,32)33/h4-7,14,16,18,20,22H,2-3,8-13,15,17H2,1H3,(H,34,39). The summed E-state index contributed by atoms with van der Waals surface area (Å²) in [7, 11) is -9.78. The van der Waals surface area contributed by atoms with Gasteiger partial charge in [0.2, 0.25) is 0 Å². The molecule has 0 radical (unpaired) electrons. The number of ether oxygens (including phenoxy) is 1. The molecule has 1 saturated carbocycles. The predicted octanol–water partition coefficient (Wildman–Crippen LogP) is 6.36. The van der Waals surface area contributed by atoms with E-state index in [0.29, 0.717) is 44.7 Å². The number of amides is 1. The van der Waals surface area contributed by atoms with Gasteiger partial charge in [0.15, 0.2) is 5.78 Å². The molecule has 0 bridgehead atoms. The van der Waals surface area contributed by atoms with Crippen LogP contribution in [0.5, 0.6) is 0 Å². The topological polar surface area (TPSA) is 76.5 Å². The fourth-order valence-electron chi connectivity index (χ4n) is 5.67. The van der Waals surface area contributed by atoms with Crippen molar-refractivity contribution in [1.29, 1.82) is 0 Å². The van der Waals surface area contributed by atoms with E-state index in [1.807, 2.05) is 25.3 Å². The number of carbonyl (C=O) groups excluding carboxylic acids is 2. The Labute approximate surface area is 234 Å². The minimum absolute atomic E-state index is 0.00250. The molecule has 41 heavy (non-hydrogen) atoms. The Hall–Kier alpha value is -3.03. The molecule has 13 heteroatoms. The van der Waals surface area contributed by atoms with Gasteiger partial charge >= 0.3 is 10.2 Å². The number of ketones is 1. The molecule has 2 heterocycles. The molecule has 1 aliphatic heterocycles. The van der Waals surface area contributed by atoms with Gasteiger partial charge in [0.1, 0.15) is 4.90 Å². The number of nitrogens with zero attached hydrogens (tertiary/aromatic N) is 3. The highest BCUT2D eigenvalue weighted by Crippen LogP contribution is 3.02. The van der Waals surface area contributed by atoms with E-state index in [0.717, 1.165) is 54.7 Å². The minimum Gasteiger partial charge on any atom is -0.379 e. The normalized spacial score (nSPS) is 21.9. The molecule has 1 saturated heterocycles. The summed E-state index contributed by atoms with van der Waals surface area (Å²) in [5.74, 6) is -0.764. The van der Waals surface area contributed by atoms with Crippen LogP contribution in [0.4, 0.5) is 19.4 Å². The van der Waals surface area contributed by atoms with Crippen LogP contribution >= 0.6 is 10.2 Å². The second-order valence-electron chi connectivity index (χ2n) is 11.0. The zero-order chi connectivity index (χ0) is 29.5. The van der Waals surface area contributed by atoms with Crippen molar-refractivity contribution in [1.82, 2.24) is 20.0 Å². The van der Waals surface area contributed by atoms with Crippen molar-refractivity contribution in [2.24, 2.45) is 11.8 Å². The van der Waals surface area contributed by atoms with Crippen LogP contribution in [0, 0.1) is 18.8 Å². The van der Waals surface area contributed by atoms with Gasteiger partial charge < -0.3 is 10.1 Å². The van der Waals surface area contributed by atoms with E-state index in [2.05, 4.69) is 15.3 Å².